The first kappa shape index (κ1) is 15.9. The van der Waals surface area contributed by atoms with Crippen molar-refractivity contribution >= 4 is 33.6 Å². The van der Waals surface area contributed by atoms with Gasteiger partial charge in [-0.1, -0.05) is 0 Å². The number of nitrogens with one attached hydrogen (secondary N) is 1. The smallest absolute Gasteiger partial charge is 0.414 e. The number of hydrogen-bond acceptors (Lipinski definition) is 5. The van der Waals surface area contributed by atoms with Gasteiger partial charge in [-0.25, -0.2) is 9.78 Å². The average Bonchev–Trinajstić information content (AvgIpc) is 3.15. The summed E-state index contributed by atoms with van der Waals surface area (Å²) in [6.07, 6.45) is 0.921. The Kier molecular flexibility index (Phi) is 3.87. The van der Waals surface area contributed by atoms with Crippen LogP contribution in [0.3, 0.4) is 0 Å². The molecule has 1 saturated heterocycles. The number of fused-ring (bicyclic) bond motifs is 3. The van der Waals surface area contributed by atoms with E-state index in [2.05, 4.69) is 26.2 Å². The normalized spacial score (nSPS) is 18.2. The molecule has 0 saturated carbocycles. The van der Waals surface area contributed by atoms with E-state index in [1.807, 2.05) is 22.8 Å². The molecule has 0 radical (unpaired) electrons. The molecule has 0 spiro atoms. The number of hydrogen-bond donors (Lipinski definition) is 1. The highest BCUT2D eigenvalue weighted by atomic mass is 79.9. The first-order chi connectivity index (χ1) is 12.0. The molecule has 2 amide bonds. The molecule has 1 fully saturated rings. The topological polar surface area (TPSA) is 85.7 Å². The molecule has 1 atom stereocenters. The van der Waals surface area contributed by atoms with Crippen molar-refractivity contribution in [2.45, 2.75) is 19.6 Å². The van der Waals surface area contributed by atoms with E-state index in [9.17, 15) is 9.59 Å². The molecule has 8 nitrogen and oxygen atoms in total. The fraction of sp³-hybridized carbons (Fsp3) is 0.312. The van der Waals surface area contributed by atoms with Crippen LogP contribution in [0.15, 0.2) is 29.0 Å². The number of nitrogens with zero attached hydrogens (tertiary/aromatic N) is 3. The second kappa shape index (κ2) is 6.07. The van der Waals surface area contributed by atoms with Crippen molar-refractivity contribution in [3.8, 4) is 11.4 Å². The fourth-order valence-corrected chi connectivity index (χ4v) is 3.43. The highest BCUT2D eigenvalue weighted by molar-refractivity contribution is 9.10. The molecule has 2 aliphatic rings. The highest BCUT2D eigenvalue weighted by Crippen LogP contribution is 2.36. The Morgan fingerprint density at radius 1 is 1.48 bits per heavy atom. The predicted molar refractivity (Wildman–Crippen MR) is 91.9 cm³/mol. The first-order valence-corrected chi connectivity index (χ1v) is 8.54. The Balaban J connectivity index is 1.58. The van der Waals surface area contributed by atoms with Crippen LogP contribution in [-0.2, 0) is 16.1 Å². The third-order valence-electron chi connectivity index (χ3n) is 4.10. The zero-order chi connectivity index (χ0) is 17.6. The highest BCUT2D eigenvalue weighted by Gasteiger charge is 2.33. The molecule has 2 aliphatic heterocycles. The second-order valence-electron chi connectivity index (χ2n) is 5.83. The molecule has 0 bridgehead atoms. The Morgan fingerprint density at radius 2 is 2.32 bits per heavy atom. The number of carbonyl (C=O) groups is 2. The lowest BCUT2D eigenvalue weighted by Gasteiger charge is -2.22. The Bertz CT molecular complexity index is 866. The van der Waals surface area contributed by atoms with Gasteiger partial charge in [0, 0.05) is 13.0 Å². The summed E-state index contributed by atoms with van der Waals surface area (Å²) < 4.78 is 13.9. The summed E-state index contributed by atoms with van der Waals surface area (Å²) in [5, 5.41) is 2.66. The van der Waals surface area contributed by atoms with Gasteiger partial charge in [0.25, 0.3) is 0 Å². The molecule has 1 aromatic heterocycles. The van der Waals surface area contributed by atoms with Crippen molar-refractivity contribution in [1.82, 2.24) is 14.9 Å². The molecule has 2 aromatic rings. The van der Waals surface area contributed by atoms with Crippen LogP contribution in [0.4, 0.5) is 10.5 Å². The Labute approximate surface area is 151 Å². The number of anilines is 1. The Morgan fingerprint density at radius 3 is 3.12 bits per heavy atom. The summed E-state index contributed by atoms with van der Waals surface area (Å²) in [6.45, 7) is 2.46. The summed E-state index contributed by atoms with van der Waals surface area (Å²) in [4.78, 5) is 29.0. The van der Waals surface area contributed by atoms with E-state index in [1.165, 1.54) is 11.8 Å². The third kappa shape index (κ3) is 2.84. The monoisotopic (exact) mass is 406 g/mol. The number of amides is 2. The van der Waals surface area contributed by atoms with E-state index >= 15 is 0 Å². The summed E-state index contributed by atoms with van der Waals surface area (Å²) in [5.41, 5.74) is 1.55. The molecule has 1 aromatic carbocycles. The first-order valence-electron chi connectivity index (χ1n) is 7.75. The van der Waals surface area contributed by atoms with Crippen molar-refractivity contribution in [1.29, 1.82) is 0 Å². The van der Waals surface area contributed by atoms with E-state index in [1.54, 1.807) is 6.20 Å². The minimum atomic E-state index is -0.435. The van der Waals surface area contributed by atoms with Crippen LogP contribution in [0.2, 0.25) is 0 Å². The maximum atomic E-state index is 12.1. The van der Waals surface area contributed by atoms with Gasteiger partial charge in [-0.05, 0) is 28.1 Å². The minimum absolute atomic E-state index is 0.154. The molecule has 1 N–H and O–H groups in total. The van der Waals surface area contributed by atoms with Gasteiger partial charge in [0.05, 0.1) is 30.7 Å². The lowest BCUT2D eigenvalue weighted by atomic mass is 10.2. The SMILES string of the molecule is CC(=O)NC[C@H]1CN(c2ccc3c(c2)OCc2ncc(Br)n2-3)C(=O)O1. The van der Waals surface area contributed by atoms with Crippen molar-refractivity contribution in [3.05, 3.63) is 34.8 Å². The van der Waals surface area contributed by atoms with Gasteiger partial charge in [-0.15, -0.1) is 0 Å². The number of rotatable bonds is 3. The zero-order valence-corrected chi connectivity index (χ0v) is 14.9. The van der Waals surface area contributed by atoms with Crippen LogP contribution in [0.25, 0.3) is 5.69 Å². The predicted octanol–water partition coefficient (Wildman–Crippen LogP) is 1.99. The molecular weight excluding hydrogens is 392 g/mol. The molecule has 3 heterocycles. The quantitative estimate of drug-likeness (QED) is 0.841. The Hall–Kier alpha value is -2.55. The van der Waals surface area contributed by atoms with Crippen LogP contribution in [-0.4, -0.2) is 40.7 Å². The van der Waals surface area contributed by atoms with Gasteiger partial charge in [0.2, 0.25) is 5.91 Å². The molecule has 9 heteroatoms. The molecule has 0 aliphatic carbocycles. The van der Waals surface area contributed by atoms with E-state index in [0.717, 1.165) is 16.1 Å². The number of halogens is 1. The number of imidazole rings is 1. The maximum absolute atomic E-state index is 12.1. The number of cyclic esters (lactones) is 1. The maximum Gasteiger partial charge on any atom is 0.414 e. The number of aromatic nitrogens is 2. The summed E-state index contributed by atoms with van der Waals surface area (Å²) in [5.74, 6) is 1.32. The van der Waals surface area contributed by atoms with E-state index in [4.69, 9.17) is 9.47 Å². The molecule has 4 rings (SSSR count). The van der Waals surface area contributed by atoms with Crippen LogP contribution in [0, 0.1) is 0 Å². The largest absolute Gasteiger partial charge is 0.483 e. The van der Waals surface area contributed by atoms with Gasteiger partial charge in [0.1, 0.15) is 23.1 Å². The van der Waals surface area contributed by atoms with Crippen LogP contribution < -0.4 is 15.0 Å². The van der Waals surface area contributed by atoms with Crippen LogP contribution in [0.5, 0.6) is 5.75 Å². The van der Waals surface area contributed by atoms with Crippen LogP contribution >= 0.6 is 15.9 Å². The van der Waals surface area contributed by atoms with Gasteiger partial charge in [0.15, 0.2) is 5.82 Å². The van der Waals surface area contributed by atoms with Crippen molar-refractivity contribution in [3.63, 3.8) is 0 Å². The van der Waals surface area contributed by atoms with Crippen molar-refractivity contribution in [2.24, 2.45) is 0 Å². The lowest BCUT2D eigenvalue weighted by Crippen LogP contribution is -2.33. The summed E-state index contributed by atoms with van der Waals surface area (Å²) >= 11 is 3.48. The van der Waals surface area contributed by atoms with Gasteiger partial charge < -0.3 is 14.8 Å². The van der Waals surface area contributed by atoms with E-state index in [0.29, 0.717) is 31.1 Å². The molecular formula is C16H15BrN4O4. The molecule has 0 unspecified atom stereocenters. The molecule has 25 heavy (non-hydrogen) atoms. The second-order valence-corrected chi connectivity index (χ2v) is 6.64. The number of ether oxygens (including phenoxy) is 2. The fourth-order valence-electron chi connectivity index (χ4n) is 2.93. The summed E-state index contributed by atoms with van der Waals surface area (Å²) in [7, 11) is 0. The number of carbonyl (C=O) groups excluding carboxylic acids is 2. The molecule has 130 valence electrons. The number of benzene rings is 1. The van der Waals surface area contributed by atoms with Gasteiger partial charge in [-0.2, -0.15) is 0 Å². The van der Waals surface area contributed by atoms with Gasteiger partial charge >= 0.3 is 6.09 Å². The zero-order valence-electron chi connectivity index (χ0n) is 13.4. The van der Waals surface area contributed by atoms with Crippen LogP contribution in [0.1, 0.15) is 12.7 Å². The van der Waals surface area contributed by atoms with E-state index < -0.39 is 6.09 Å². The van der Waals surface area contributed by atoms with E-state index in [-0.39, 0.29) is 12.0 Å². The lowest BCUT2D eigenvalue weighted by molar-refractivity contribution is -0.119. The third-order valence-corrected chi connectivity index (χ3v) is 4.66. The average molecular weight is 407 g/mol. The van der Waals surface area contributed by atoms with Crippen molar-refractivity contribution in [2.75, 3.05) is 18.0 Å². The summed E-state index contributed by atoms with van der Waals surface area (Å²) in [6, 6.07) is 5.53. The standard InChI is InChI=1S/C16H15BrN4O4/c1-9(22)18-5-11-7-20(16(23)25-11)10-2-3-12-13(4-10)24-8-15-19-6-14(17)21(12)15/h2-4,6,11H,5,7-8H2,1H3,(H,18,22)/t11-/m0/s1. The minimum Gasteiger partial charge on any atom is -0.483 e. The van der Waals surface area contributed by atoms with Crippen molar-refractivity contribution < 1.29 is 19.1 Å². The van der Waals surface area contributed by atoms with Gasteiger partial charge in [-0.3, -0.25) is 14.3 Å².